The Morgan fingerprint density at radius 1 is 1.33 bits per heavy atom. The van der Waals surface area contributed by atoms with Gasteiger partial charge in [-0.1, -0.05) is 11.6 Å². The number of carbonyl (C=O) groups excluding carboxylic acids is 1. The quantitative estimate of drug-likeness (QED) is 0.639. The number of benzene rings is 1. The molecule has 0 spiro atoms. The van der Waals surface area contributed by atoms with Crippen LogP contribution in [-0.2, 0) is 11.8 Å². The molecule has 4 rings (SSSR count). The van der Waals surface area contributed by atoms with E-state index in [1.54, 1.807) is 31.2 Å². The van der Waals surface area contributed by atoms with Crippen LogP contribution in [0, 0.1) is 0 Å². The Morgan fingerprint density at radius 3 is 2.93 bits per heavy atom. The Morgan fingerprint density at radius 2 is 2.19 bits per heavy atom. The zero-order chi connectivity index (χ0) is 19.0. The normalized spacial score (nSPS) is 14.0. The SMILES string of the molecule is CNC(=O)C1=NC=C(c2nc(Nc3ccc4[nH]ncc4c3Cl)n(C)n2)CC1. The summed E-state index contributed by atoms with van der Waals surface area (Å²) in [6, 6.07) is 3.75. The molecule has 3 aromatic rings. The van der Waals surface area contributed by atoms with E-state index in [2.05, 4.69) is 35.9 Å². The molecule has 27 heavy (non-hydrogen) atoms. The van der Waals surface area contributed by atoms with Crippen LogP contribution in [0.5, 0.6) is 0 Å². The number of carbonyl (C=O) groups is 1. The molecule has 138 valence electrons. The van der Waals surface area contributed by atoms with Crippen molar-refractivity contribution in [2.75, 3.05) is 12.4 Å². The number of anilines is 2. The van der Waals surface area contributed by atoms with Crippen LogP contribution in [-0.4, -0.2) is 43.6 Å². The highest BCUT2D eigenvalue weighted by Crippen LogP contribution is 2.32. The van der Waals surface area contributed by atoms with Gasteiger partial charge in [-0.05, 0) is 25.0 Å². The first-order valence-electron chi connectivity index (χ1n) is 8.34. The summed E-state index contributed by atoms with van der Waals surface area (Å²) in [4.78, 5) is 20.4. The number of hydrogen-bond donors (Lipinski definition) is 3. The average Bonchev–Trinajstić information content (AvgIpc) is 3.31. The Labute approximate surface area is 159 Å². The minimum Gasteiger partial charge on any atom is -0.354 e. The molecule has 3 N–H and O–H groups in total. The third-order valence-electron chi connectivity index (χ3n) is 4.35. The monoisotopic (exact) mass is 384 g/mol. The maximum Gasteiger partial charge on any atom is 0.265 e. The van der Waals surface area contributed by atoms with E-state index in [-0.39, 0.29) is 5.91 Å². The fraction of sp³-hybridized carbons (Fsp3) is 0.235. The van der Waals surface area contributed by atoms with Gasteiger partial charge >= 0.3 is 0 Å². The van der Waals surface area contributed by atoms with Gasteiger partial charge < -0.3 is 10.6 Å². The van der Waals surface area contributed by atoms with Crippen LogP contribution in [0.15, 0.2) is 29.5 Å². The number of nitrogens with zero attached hydrogens (tertiary/aromatic N) is 5. The molecule has 0 atom stereocenters. The summed E-state index contributed by atoms with van der Waals surface area (Å²) >= 11 is 6.45. The van der Waals surface area contributed by atoms with Gasteiger partial charge in [0.25, 0.3) is 5.91 Å². The van der Waals surface area contributed by atoms with Gasteiger partial charge in [0.15, 0.2) is 5.82 Å². The molecule has 0 saturated carbocycles. The number of H-pyrrole nitrogens is 1. The van der Waals surface area contributed by atoms with Crippen molar-refractivity contribution in [1.82, 2.24) is 30.3 Å². The first kappa shape index (κ1) is 17.2. The number of amides is 1. The highest BCUT2D eigenvalue weighted by atomic mass is 35.5. The number of aliphatic imine (C=N–C) groups is 1. The maximum absolute atomic E-state index is 11.6. The molecule has 0 fully saturated rings. The Bertz CT molecular complexity index is 1090. The number of aryl methyl sites for hydroxylation is 1. The third kappa shape index (κ3) is 3.17. The van der Waals surface area contributed by atoms with Crippen molar-refractivity contribution >= 4 is 51.3 Å². The van der Waals surface area contributed by atoms with E-state index in [0.29, 0.717) is 41.0 Å². The molecule has 1 aromatic carbocycles. The van der Waals surface area contributed by atoms with Crippen LogP contribution in [0.4, 0.5) is 11.6 Å². The molecular weight excluding hydrogens is 368 g/mol. The van der Waals surface area contributed by atoms with E-state index in [0.717, 1.165) is 16.5 Å². The molecule has 1 amide bonds. The van der Waals surface area contributed by atoms with E-state index in [1.165, 1.54) is 0 Å². The molecule has 10 heteroatoms. The van der Waals surface area contributed by atoms with Crippen LogP contribution in [0.2, 0.25) is 5.02 Å². The number of fused-ring (bicyclic) bond motifs is 1. The minimum atomic E-state index is -0.161. The van der Waals surface area contributed by atoms with E-state index in [9.17, 15) is 4.79 Å². The highest BCUT2D eigenvalue weighted by Gasteiger charge is 2.19. The fourth-order valence-electron chi connectivity index (χ4n) is 2.85. The second-order valence-corrected chi connectivity index (χ2v) is 6.45. The molecule has 2 aromatic heterocycles. The van der Waals surface area contributed by atoms with Crippen molar-refractivity contribution < 1.29 is 4.79 Å². The first-order chi connectivity index (χ1) is 13.1. The summed E-state index contributed by atoms with van der Waals surface area (Å²) in [5.41, 5.74) is 2.96. The lowest BCUT2D eigenvalue weighted by Gasteiger charge is -2.10. The summed E-state index contributed by atoms with van der Waals surface area (Å²) in [5, 5.41) is 18.5. The summed E-state index contributed by atoms with van der Waals surface area (Å²) in [6.45, 7) is 0. The molecular formula is C17H17ClN8O. The van der Waals surface area contributed by atoms with Gasteiger partial charge in [-0.15, -0.1) is 5.10 Å². The molecule has 0 unspecified atom stereocenters. The second-order valence-electron chi connectivity index (χ2n) is 6.08. The number of hydrogen-bond acceptors (Lipinski definition) is 6. The molecule has 0 bridgehead atoms. The van der Waals surface area contributed by atoms with Gasteiger partial charge in [0.2, 0.25) is 5.95 Å². The predicted molar refractivity (Wildman–Crippen MR) is 104 cm³/mol. The first-order valence-corrected chi connectivity index (χ1v) is 8.72. The lowest BCUT2D eigenvalue weighted by Crippen LogP contribution is -2.28. The number of halogens is 1. The minimum absolute atomic E-state index is 0.161. The van der Waals surface area contributed by atoms with Crippen molar-refractivity contribution in [1.29, 1.82) is 0 Å². The smallest absolute Gasteiger partial charge is 0.265 e. The van der Waals surface area contributed by atoms with Gasteiger partial charge in [-0.2, -0.15) is 10.1 Å². The largest absolute Gasteiger partial charge is 0.354 e. The average molecular weight is 385 g/mol. The number of nitrogens with one attached hydrogen (secondary N) is 3. The molecule has 1 aliphatic heterocycles. The summed E-state index contributed by atoms with van der Waals surface area (Å²) in [7, 11) is 3.39. The summed E-state index contributed by atoms with van der Waals surface area (Å²) in [5.74, 6) is 0.961. The van der Waals surface area contributed by atoms with E-state index >= 15 is 0 Å². The van der Waals surface area contributed by atoms with Gasteiger partial charge in [0.05, 0.1) is 22.4 Å². The lowest BCUT2D eigenvalue weighted by molar-refractivity contribution is -0.114. The summed E-state index contributed by atoms with van der Waals surface area (Å²) in [6.07, 6.45) is 4.53. The Kier molecular flexibility index (Phi) is 4.36. The number of aromatic nitrogens is 5. The van der Waals surface area contributed by atoms with Gasteiger partial charge in [-0.25, -0.2) is 4.68 Å². The van der Waals surface area contributed by atoms with Crippen molar-refractivity contribution in [3.8, 4) is 0 Å². The van der Waals surface area contributed by atoms with Crippen LogP contribution in [0.25, 0.3) is 16.5 Å². The zero-order valence-corrected chi connectivity index (χ0v) is 15.5. The van der Waals surface area contributed by atoms with Crippen LogP contribution in [0.1, 0.15) is 18.7 Å². The van der Waals surface area contributed by atoms with E-state index in [1.807, 2.05) is 12.1 Å². The van der Waals surface area contributed by atoms with Crippen LogP contribution >= 0.6 is 11.6 Å². The van der Waals surface area contributed by atoms with Crippen LogP contribution < -0.4 is 10.6 Å². The maximum atomic E-state index is 11.6. The van der Waals surface area contributed by atoms with Crippen molar-refractivity contribution in [2.45, 2.75) is 12.8 Å². The van der Waals surface area contributed by atoms with Crippen molar-refractivity contribution in [2.24, 2.45) is 12.0 Å². The highest BCUT2D eigenvalue weighted by molar-refractivity contribution is 6.39. The topological polar surface area (TPSA) is 113 Å². The molecule has 9 nitrogen and oxygen atoms in total. The van der Waals surface area contributed by atoms with Gasteiger partial charge in [-0.3, -0.25) is 14.9 Å². The standard InChI is InChI=1S/C17H17ClN8O/c1-19-16(27)13-4-3-9(7-20-13)15-23-17(26(2)25-15)22-12-6-5-11-10(14(12)18)8-21-24-11/h5-8H,3-4H2,1-2H3,(H,19,27)(H,21,24)(H,22,23,25). The van der Waals surface area contributed by atoms with Gasteiger partial charge in [0.1, 0.15) is 5.71 Å². The number of allylic oxidation sites excluding steroid dienone is 1. The molecule has 0 radical (unpaired) electrons. The Hall–Kier alpha value is -3.20. The molecule has 1 aliphatic rings. The number of aromatic amines is 1. The van der Waals surface area contributed by atoms with Crippen molar-refractivity contribution in [3.05, 3.63) is 35.4 Å². The van der Waals surface area contributed by atoms with Crippen molar-refractivity contribution in [3.63, 3.8) is 0 Å². The zero-order valence-electron chi connectivity index (χ0n) is 14.7. The lowest BCUT2D eigenvalue weighted by atomic mass is 10.0. The second kappa shape index (κ2) is 6.84. The van der Waals surface area contributed by atoms with E-state index < -0.39 is 0 Å². The van der Waals surface area contributed by atoms with E-state index in [4.69, 9.17) is 11.6 Å². The number of rotatable bonds is 4. The van der Waals surface area contributed by atoms with Gasteiger partial charge in [0, 0.05) is 31.3 Å². The summed E-state index contributed by atoms with van der Waals surface area (Å²) < 4.78 is 1.64. The Balaban J connectivity index is 1.60. The van der Waals surface area contributed by atoms with Crippen LogP contribution in [0.3, 0.4) is 0 Å². The fourth-order valence-corrected chi connectivity index (χ4v) is 3.11. The molecule has 0 saturated heterocycles. The third-order valence-corrected chi connectivity index (χ3v) is 4.76. The molecule has 0 aliphatic carbocycles. The predicted octanol–water partition coefficient (Wildman–Crippen LogP) is 2.41. The molecule has 3 heterocycles.